The maximum atomic E-state index is 13.0. The molecular formula is C17H22N4O. The highest BCUT2D eigenvalue weighted by Gasteiger charge is 2.20. The number of fused-ring (bicyclic) bond motifs is 3. The van der Waals surface area contributed by atoms with E-state index in [0.717, 1.165) is 27.5 Å². The van der Waals surface area contributed by atoms with E-state index in [0.29, 0.717) is 0 Å². The van der Waals surface area contributed by atoms with E-state index < -0.39 is 0 Å². The Morgan fingerprint density at radius 3 is 2.41 bits per heavy atom. The highest BCUT2D eigenvalue weighted by molar-refractivity contribution is 6.05. The Hall–Kier alpha value is -2.14. The smallest absolute Gasteiger partial charge is 0.261 e. The van der Waals surface area contributed by atoms with Crippen LogP contribution < -0.4 is 10.9 Å². The number of aryl methyl sites for hydroxylation is 2. The molecule has 0 aliphatic rings. The van der Waals surface area contributed by atoms with Gasteiger partial charge in [-0.05, 0) is 33.8 Å². The first-order valence-corrected chi connectivity index (χ1v) is 7.64. The third-order valence-electron chi connectivity index (χ3n) is 4.03. The van der Waals surface area contributed by atoms with Crippen LogP contribution in [-0.4, -0.2) is 20.4 Å². The van der Waals surface area contributed by atoms with Crippen molar-refractivity contribution in [3.63, 3.8) is 0 Å². The van der Waals surface area contributed by atoms with E-state index in [1.807, 2.05) is 49.7 Å². The van der Waals surface area contributed by atoms with Crippen LogP contribution in [0.1, 0.15) is 32.6 Å². The summed E-state index contributed by atoms with van der Waals surface area (Å²) in [5.74, 6) is 0. The number of nitrogens with one attached hydrogen (secondary N) is 1. The SMILES string of the molecule is Cc1nn(C)c2c1c1ccccc1c(=O)n2C(C)NC(C)C. The quantitative estimate of drug-likeness (QED) is 0.809. The van der Waals surface area contributed by atoms with Gasteiger partial charge in [0.15, 0.2) is 0 Å². The van der Waals surface area contributed by atoms with Crippen LogP contribution in [0.5, 0.6) is 0 Å². The van der Waals surface area contributed by atoms with Crippen LogP contribution in [0, 0.1) is 6.92 Å². The molecule has 1 unspecified atom stereocenters. The van der Waals surface area contributed by atoms with Crippen molar-refractivity contribution < 1.29 is 0 Å². The number of rotatable bonds is 3. The molecule has 3 rings (SSSR count). The minimum Gasteiger partial charge on any atom is -0.295 e. The third-order valence-corrected chi connectivity index (χ3v) is 4.03. The topological polar surface area (TPSA) is 51.9 Å². The Morgan fingerprint density at radius 1 is 1.14 bits per heavy atom. The lowest BCUT2D eigenvalue weighted by atomic mass is 10.1. The second-order valence-electron chi connectivity index (χ2n) is 6.13. The lowest BCUT2D eigenvalue weighted by molar-refractivity contribution is 0.397. The number of nitrogens with zero attached hydrogens (tertiary/aromatic N) is 3. The van der Waals surface area contributed by atoms with Crippen molar-refractivity contribution in [2.75, 3.05) is 0 Å². The molecular weight excluding hydrogens is 276 g/mol. The van der Waals surface area contributed by atoms with Gasteiger partial charge in [0.2, 0.25) is 0 Å². The molecule has 0 spiro atoms. The van der Waals surface area contributed by atoms with Crippen LogP contribution in [-0.2, 0) is 7.05 Å². The van der Waals surface area contributed by atoms with E-state index in [4.69, 9.17) is 0 Å². The first-order valence-electron chi connectivity index (χ1n) is 7.64. The number of benzene rings is 1. The molecule has 3 aromatic rings. The molecule has 0 aliphatic heterocycles. The summed E-state index contributed by atoms with van der Waals surface area (Å²) in [4.78, 5) is 13.0. The number of pyridine rings is 1. The van der Waals surface area contributed by atoms with Gasteiger partial charge in [0.25, 0.3) is 5.56 Å². The summed E-state index contributed by atoms with van der Waals surface area (Å²) in [5.41, 5.74) is 1.83. The maximum Gasteiger partial charge on any atom is 0.261 e. The Balaban J connectivity index is 2.48. The zero-order valence-corrected chi connectivity index (χ0v) is 13.7. The van der Waals surface area contributed by atoms with Crippen LogP contribution in [0.2, 0.25) is 0 Å². The van der Waals surface area contributed by atoms with Crippen LogP contribution in [0.4, 0.5) is 0 Å². The van der Waals surface area contributed by atoms with Gasteiger partial charge < -0.3 is 0 Å². The molecule has 0 aliphatic carbocycles. The molecule has 0 radical (unpaired) electrons. The Bertz CT molecular complexity index is 904. The van der Waals surface area contributed by atoms with Crippen molar-refractivity contribution in [3.05, 3.63) is 40.3 Å². The van der Waals surface area contributed by atoms with Crippen molar-refractivity contribution >= 4 is 21.8 Å². The Morgan fingerprint density at radius 2 is 1.77 bits per heavy atom. The fraction of sp³-hybridized carbons (Fsp3) is 0.412. The van der Waals surface area contributed by atoms with E-state index in [1.165, 1.54) is 0 Å². The molecule has 0 saturated heterocycles. The van der Waals surface area contributed by atoms with E-state index in [9.17, 15) is 4.79 Å². The zero-order chi connectivity index (χ0) is 16.0. The van der Waals surface area contributed by atoms with Gasteiger partial charge in [-0.3, -0.25) is 19.4 Å². The first kappa shape index (κ1) is 14.8. The second kappa shape index (κ2) is 5.25. The largest absolute Gasteiger partial charge is 0.295 e. The Kier molecular flexibility index (Phi) is 3.53. The van der Waals surface area contributed by atoms with Gasteiger partial charge in [0.1, 0.15) is 5.65 Å². The molecule has 0 bridgehead atoms. The first-order chi connectivity index (χ1) is 10.4. The number of aromatic nitrogens is 3. The van der Waals surface area contributed by atoms with Gasteiger partial charge in [-0.25, -0.2) is 0 Å². The van der Waals surface area contributed by atoms with Crippen LogP contribution in [0.15, 0.2) is 29.1 Å². The van der Waals surface area contributed by atoms with Gasteiger partial charge >= 0.3 is 0 Å². The van der Waals surface area contributed by atoms with E-state index in [-0.39, 0.29) is 17.8 Å². The lowest BCUT2D eigenvalue weighted by Crippen LogP contribution is -2.36. The van der Waals surface area contributed by atoms with Crippen LogP contribution in [0.25, 0.3) is 21.8 Å². The van der Waals surface area contributed by atoms with Crippen molar-refractivity contribution in [2.24, 2.45) is 7.05 Å². The summed E-state index contributed by atoms with van der Waals surface area (Å²) in [5, 5.41) is 10.7. The maximum absolute atomic E-state index is 13.0. The molecule has 5 heteroatoms. The van der Waals surface area contributed by atoms with Gasteiger partial charge in [-0.15, -0.1) is 0 Å². The molecule has 0 saturated carbocycles. The van der Waals surface area contributed by atoms with Crippen molar-refractivity contribution in [2.45, 2.75) is 39.9 Å². The summed E-state index contributed by atoms with van der Waals surface area (Å²) in [7, 11) is 1.89. The molecule has 1 atom stereocenters. The average molecular weight is 298 g/mol. The molecule has 0 amide bonds. The monoisotopic (exact) mass is 298 g/mol. The fourth-order valence-corrected chi connectivity index (χ4v) is 3.27. The molecule has 22 heavy (non-hydrogen) atoms. The van der Waals surface area contributed by atoms with Gasteiger partial charge in [0, 0.05) is 29.2 Å². The molecule has 0 fully saturated rings. The highest BCUT2D eigenvalue weighted by atomic mass is 16.1. The molecule has 2 heterocycles. The van der Waals surface area contributed by atoms with E-state index >= 15 is 0 Å². The van der Waals surface area contributed by atoms with Crippen LogP contribution >= 0.6 is 0 Å². The molecule has 116 valence electrons. The summed E-state index contributed by atoms with van der Waals surface area (Å²) in [6.45, 7) is 8.16. The van der Waals surface area contributed by atoms with Crippen molar-refractivity contribution in [1.82, 2.24) is 19.7 Å². The predicted octanol–water partition coefficient (Wildman–Crippen LogP) is 2.71. The minimum absolute atomic E-state index is 0.0201. The normalized spacial score (nSPS) is 13.4. The van der Waals surface area contributed by atoms with Crippen molar-refractivity contribution in [3.8, 4) is 0 Å². The summed E-state index contributed by atoms with van der Waals surface area (Å²) in [6, 6.07) is 8.05. The Labute approximate surface area is 129 Å². The predicted molar refractivity (Wildman–Crippen MR) is 90.2 cm³/mol. The molecule has 1 aromatic carbocycles. The summed E-state index contributed by atoms with van der Waals surface area (Å²) < 4.78 is 3.62. The van der Waals surface area contributed by atoms with E-state index in [1.54, 1.807) is 4.68 Å². The summed E-state index contributed by atoms with van der Waals surface area (Å²) in [6.07, 6.45) is -0.102. The van der Waals surface area contributed by atoms with Crippen molar-refractivity contribution in [1.29, 1.82) is 0 Å². The second-order valence-corrected chi connectivity index (χ2v) is 6.13. The molecule has 5 nitrogen and oxygen atoms in total. The summed E-state index contributed by atoms with van der Waals surface area (Å²) >= 11 is 0. The standard InChI is InChI=1S/C17H22N4O/c1-10(2)18-12(4)21-16-15(11(3)19-20(16)5)13-8-6-7-9-14(13)17(21)22/h6-10,12,18H,1-5H3. The number of hydrogen-bond donors (Lipinski definition) is 1. The molecule has 2 aromatic heterocycles. The van der Waals surface area contributed by atoms with Gasteiger partial charge in [0.05, 0.1) is 11.9 Å². The number of hydrogen-bond acceptors (Lipinski definition) is 3. The third kappa shape index (κ3) is 2.13. The van der Waals surface area contributed by atoms with Gasteiger partial charge in [-0.2, -0.15) is 5.10 Å². The van der Waals surface area contributed by atoms with Gasteiger partial charge in [-0.1, -0.05) is 18.2 Å². The fourth-order valence-electron chi connectivity index (χ4n) is 3.27. The average Bonchev–Trinajstić information content (AvgIpc) is 2.74. The lowest BCUT2D eigenvalue weighted by Gasteiger charge is -2.21. The van der Waals surface area contributed by atoms with Crippen LogP contribution in [0.3, 0.4) is 0 Å². The minimum atomic E-state index is -0.102. The van der Waals surface area contributed by atoms with E-state index in [2.05, 4.69) is 24.3 Å². The molecule has 1 N–H and O–H groups in total. The zero-order valence-electron chi connectivity index (χ0n) is 13.7. The highest BCUT2D eigenvalue weighted by Crippen LogP contribution is 2.26.